The Labute approximate surface area is 93.8 Å². The smallest absolute Gasteiger partial charge is 0.121 e. The van der Waals surface area contributed by atoms with Crippen molar-refractivity contribution in [1.82, 2.24) is 0 Å². The van der Waals surface area contributed by atoms with E-state index >= 15 is 0 Å². The van der Waals surface area contributed by atoms with Crippen LogP contribution in [0.25, 0.3) is 0 Å². The maximum atomic E-state index is 5.37. The third-order valence-electron chi connectivity index (χ3n) is 2.56. The van der Waals surface area contributed by atoms with Gasteiger partial charge < -0.3 is 4.74 Å². The predicted octanol–water partition coefficient (Wildman–Crippen LogP) is 3.67. The molecule has 0 amide bonds. The molecule has 0 aliphatic heterocycles. The van der Waals surface area contributed by atoms with E-state index in [0.717, 1.165) is 17.8 Å². The van der Waals surface area contributed by atoms with E-state index < -0.39 is 8.07 Å². The molecule has 82 valence electrons. The second-order valence-electron chi connectivity index (χ2n) is 4.65. The summed E-state index contributed by atoms with van der Waals surface area (Å²) in [6.07, 6.45) is 2.04. The van der Waals surface area contributed by atoms with Gasteiger partial charge in [-0.3, -0.25) is 0 Å². The molecule has 0 bridgehead atoms. The van der Waals surface area contributed by atoms with Crippen molar-refractivity contribution in [2.45, 2.75) is 25.2 Å². The average Bonchev–Trinajstić information content (AvgIpc) is 2.17. The van der Waals surface area contributed by atoms with Crippen molar-refractivity contribution in [3.05, 3.63) is 42.5 Å². The maximum Gasteiger partial charge on any atom is 0.121 e. The molecule has 1 rings (SSSR count). The molecule has 0 aromatic heterocycles. The van der Waals surface area contributed by atoms with Gasteiger partial charge in [-0.2, -0.15) is 0 Å². The summed E-state index contributed by atoms with van der Waals surface area (Å²) in [5, 5.41) is 0. The zero-order valence-electron chi connectivity index (χ0n) is 9.92. The minimum atomic E-state index is -1.19. The summed E-state index contributed by atoms with van der Waals surface area (Å²) in [7, 11) is 0.547. The molecule has 1 aromatic carbocycles. The van der Waals surface area contributed by atoms with Crippen LogP contribution in [0.3, 0.4) is 0 Å². The van der Waals surface area contributed by atoms with Crippen LogP contribution in [0.2, 0.25) is 19.1 Å². The molecule has 1 nitrogen and oxygen atoms in total. The monoisotopic (exact) mass is 220 g/mol. The minimum absolute atomic E-state index is 1.02. The Hall–Kier alpha value is -1.02. The van der Waals surface area contributed by atoms with Gasteiger partial charge in [-0.05, 0) is 23.7 Å². The van der Waals surface area contributed by atoms with Crippen LogP contribution in [0, 0.1) is 0 Å². The fourth-order valence-electron chi connectivity index (χ4n) is 1.83. The fraction of sp³-hybridized carbons (Fsp3) is 0.385. The van der Waals surface area contributed by atoms with Crippen molar-refractivity contribution < 1.29 is 4.74 Å². The van der Waals surface area contributed by atoms with E-state index in [1.165, 1.54) is 5.56 Å². The Kier molecular flexibility index (Phi) is 4.15. The summed E-state index contributed by atoms with van der Waals surface area (Å²) >= 11 is 0. The van der Waals surface area contributed by atoms with E-state index in [0.29, 0.717) is 0 Å². The average molecular weight is 220 g/mol. The third kappa shape index (κ3) is 3.55. The summed E-state index contributed by atoms with van der Waals surface area (Å²) in [4.78, 5) is 0. The molecular formula is C13H20OSi. The molecule has 0 heterocycles. The largest absolute Gasteiger partial charge is 0.496 e. The van der Waals surface area contributed by atoms with Crippen molar-refractivity contribution >= 4 is 8.07 Å². The molecule has 0 atom stereocenters. The van der Waals surface area contributed by atoms with Crippen LogP contribution in [0.5, 0.6) is 5.75 Å². The molecule has 0 N–H and O–H groups in total. The second-order valence-corrected chi connectivity index (χ2v) is 9.74. The number of allylic oxidation sites excluding steroid dienone is 1. The van der Waals surface area contributed by atoms with Gasteiger partial charge in [0.1, 0.15) is 5.75 Å². The lowest BCUT2D eigenvalue weighted by atomic mass is 10.2. The van der Waals surface area contributed by atoms with E-state index in [4.69, 9.17) is 4.74 Å². The molecule has 15 heavy (non-hydrogen) atoms. The van der Waals surface area contributed by atoms with E-state index in [1.807, 2.05) is 18.2 Å². The summed E-state index contributed by atoms with van der Waals surface area (Å²) < 4.78 is 5.37. The quantitative estimate of drug-likeness (QED) is 0.543. The highest BCUT2D eigenvalue weighted by Crippen LogP contribution is 2.24. The zero-order valence-corrected chi connectivity index (χ0v) is 10.9. The molecule has 0 radical (unpaired) electrons. The standard InChI is InChI=1S/C13H20OSi/c1-5-10-15(3,4)11-12-8-6-7-9-13(12)14-2/h5-9H,1,10-11H2,2-4H3. The van der Waals surface area contributed by atoms with Gasteiger partial charge in [0.25, 0.3) is 0 Å². The maximum absolute atomic E-state index is 5.37. The number of benzene rings is 1. The number of para-hydroxylation sites is 1. The van der Waals surface area contributed by atoms with E-state index in [9.17, 15) is 0 Å². The summed E-state index contributed by atoms with van der Waals surface area (Å²) in [5.74, 6) is 1.02. The van der Waals surface area contributed by atoms with Crippen LogP contribution in [-0.4, -0.2) is 15.2 Å². The van der Waals surface area contributed by atoms with Crippen molar-refractivity contribution in [3.8, 4) is 5.75 Å². The lowest BCUT2D eigenvalue weighted by Crippen LogP contribution is -2.28. The third-order valence-corrected chi connectivity index (χ3v) is 5.29. The van der Waals surface area contributed by atoms with Gasteiger partial charge in [0, 0.05) is 0 Å². The minimum Gasteiger partial charge on any atom is -0.496 e. The Morgan fingerprint density at radius 3 is 2.60 bits per heavy atom. The summed E-state index contributed by atoms with van der Waals surface area (Å²) in [6, 6.07) is 10.6. The number of hydrogen-bond donors (Lipinski definition) is 0. The van der Waals surface area contributed by atoms with Gasteiger partial charge in [-0.15, -0.1) is 6.58 Å². The second kappa shape index (κ2) is 5.17. The van der Waals surface area contributed by atoms with E-state index in [1.54, 1.807) is 7.11 Å². The lowest BCUT2D eigenvalue weighted by molar-refractivity contribution is 0.411. The molecule has 0 fully saturated rings. The van der Waals surface area contributed by atoms with Crippen molar-refractivity contribution in [3.63, 3.8) is 0 Å². The number of hydrogen-bond acceptors (Lipinski definition) is 1. The normalized spacial score (nSPS) is 11.1. The molecule has 0 spiro atoms. The molecule has 0 saturated heterocycles. The summed E-state index contributed by atoms with van der Waals surface area (Å²) in [5.41, 5.74) is 1.33. The SMILES string of the molecule is C=CC[Si](C)(C)Cc1ccccc1OC. The Morgan fingerprint density at radius 2 is 2.00 bits per heavy atom. The first-order valence-electron chi connectivity index (χ1n) is 5.32. The van der Waals surface area contributed by atoms with Crippen molar-refractivity contribution in [1.29, 1.82) is 0 Å². The highest BCUT2D eigenvalue weighted by atomic mass is 28.3. The topological polar surface area (TPSA) is 9.23 Å². The van der Waals surface area contributed by atoms with Crippen LogP contribution < -0.4 is 4.74 Å². The van der Waals surface area contributed by atoms with Gasteiger partial charge in [0.05, 0.1) is 15.2 Å². The van der Waals surface area contributed by atoms with E-state index in [2.05, 4.69) is 31.8 Å². The molecule has 0 aliphatic rings. The Bertz CT molecular complexity index is 331. The molecule has 2 heteroatoms. The van der Waals surface area contributed by atoms with Crippen molar-refractivity contribution in [2.24, 2.45) is 0 Å². The first-order chi connectivity index (χ1) is 7.09. The predicted molar refractivity (Wildman–Crippen MR) is 69.2 cm³/mol. The highest BCUT2D eigenvalue weighted by Gasteiger charge is 2.20. The zero-order chi connectivity index (χ0) is 11.3. The molecule has 0 unspecified atom stereocenters. The van der Waals surface area contributed by atoms with Gasteiger partial charge in [0.2, 0.25) is 0 Å². The molecule has 1 aromatic rings. The van der Waals surface area contributed by atoms with Crippen LogP contribution in [0.4, 0.5) is 0 Å². The van der Waals surface area contributed by atoms with Gasteiger partial charge >= 0.3 is 0 Å². The highest BCUT2D eigenvalue weighted by molar-refractivity contribution is 6.77. The first-order valence-corrected chi connectivity index (χ1v) is 8.73. The number of methoxy groups -OCH3 is 1. The fourth-order valence-corrected chi connectivity index (χ4v) is 4.08. The molecule has 0 aliphatic carbocycles. The van der Waals surface area contributed by atoms with Crippen molar-refractivity contribution in [2.75, 3.05) is 7.11 Å². The molecular weight excluding hydrogens is 200 g/mol. The Balaban J connectivity index is 2.83. The molecule has 0 saturated carbocycles. The number of ether oxygens (including phenoxy) is 1. The van der Waals surface area contributed by atoms with Gasteiger partial charge in [-0.1, -0.05) is 37.4 Å². The number of rotatable bonds is 5. The first kappa shape index (κ1) is 12.0. The summed E-state index contributed by atoms with van der Waals surface area (Å²) in [6.45, 7) is 8.61. The van der Waals surface area contributed by atoms with Gasteiger partial charge in [-0.25, -0.2) is 0 Å². The van der Waals surface area contributed by atoms with Crippen LogP contribution in [0.15, 0.2) is 36.9 Å². The van der Waals surface area contributed by atoms with Gasteiger partial charge in [0.15, 0.2) is 0 Å². The lowest BCUT2D eigenvalue weighted by Gasteiger charge is -2.21. The Morgan fingerprint density at radius 1 is 1.33 bits per heavy atom. The van der Waals surface area contributed by atoms with Crippen LogP contribution >= 0.6 is 0 Å². The van der Waals surface area contributed by atoms with Crippen LogP contribution in [-0.2, 0) is 6.04 Å². The van der Waals surface area contributed by atoms with E-state index in [-0.39, 0.29) is 0 Å². The van der Waals surface area contributed by atoms with Crippen LogP contribution in [0.1, 0.15) is 5.56 Å².